The third kappa shape index (κ3) is 5.34. The Labute approximate surface area is 117 Å². The molecule has 0 unspecified atom stereocenters. The molecule has 108 valence electrons. The Bertz CT molecular complexity index is 437. The highest BCUT2D eigenvalue weighted by atomic mass is 32.1. The number of anilines is 2. The molecule has 19 heavy (non-hydrogen) atoms. The Morgan fingerprint density at radius 3 is 2.63 bits per heavy atom. The standard InChI is InChI=1S/C12H22N4O2S/c1-7(2)18-9-10(13)16-19-11(9)14-6-8(17)15-12(3,4)5/h7,14H,6H2,1-5H3,(H2,13,16)(H,15,17). The third-order valence-electron chi connectivity index (χ3n) is 1.95. The number of aromatic nitrogens is 1. The minimum Gasteiger partial charge on any atom is -0.484 e. The van der Waals surface area contributed by atoms with E-state index in [0.29, 0.717) is 16.6 Å². The molecule has 0 aliphatic heterocycles. The number of rotatable bonds is 5. The molecule has 4 N–H and O–H groups in total. The average Bonchev–Trinajstić information content (AvgIpc) is 2.54. The molecule has 6 nitrogen and oxygen atoms in total. The van der Waals surface area contributed by atoms with E-state index in [1.165, 1.54) is 11.5 Å². The minimum atomic E-state index is -0.247. The van der Waals surface area contributed by atoms with Crippen LogP contribution in [0.15, 0.2) is 0 Å². The van der Waals surface area contributed by atoms with Gasteiger partial charge in [-0.1, -0.05) is 0 Å². The Morgan fingerprint density at radius 1 is 1.47 bits per heavy atom. The summed E-state index contributed by atoms with van der Waals surface area (Å²) in [6, 6.07) is 0. The molecule has 1 aromatic rings. The van der Waals surface area contributed by atoms with Gasteiger partial charge in [-0.3, -0.25) is 4.79 Å². The summed E-state index contributed by atoms with van der Waals surface area (Å²) < 4.78 is 9.60. The Kier molecular flexibility index (Phi) is 4.99. The summed E-state index contributed by atoms with van der Waals surface area (Å²) in [5.41, 5.74) is 5.48. The third-order valence-corrected chi connectivity index (χ3v) is 2.75. The number of amides is 1. The first-order chi connectivity index (χ1) is 8.69. The van der Waals surface area contributed by atoms with Crippen LogP contribution in [-0.2, 0) is 4.79 Å². The van der Waals surface area contributed by atoms with Crippen LogP contribution in [0.3, 0.4) is 0 Å². The van der Waals surface area contributed by atoms with E-state index in [9.17, 15) is 4.79 Å². The fourth-order valence-corrected chi connectivity index (χ4v) is 2.02. The molecule has 0 aliphatic rings. The van der Waals surface area contributed by atoms with Crippen LogP contribution in [0.25, 0.3) is 0 Å². The summed E-state index contributed by atoms with van der Waals surface area (Å²) in [5.74, 6) is 0.774. The molecule has 0 radical (unpaired) electrons. The zero-order valence-corrected chi connectivity index (χ0v) is 12.9. The van der Waals surface area contributed by atoms with Crippen LogP contribution in [0.1, 0.15) is 34.6 Å². The molecule has 0 saturated heterocycles. The highest BCUT2D eigenvalue weighted by Crippen LogP contribution is 2.35. The fourth-order valence-electron chi connectivity index (χ4n) is 1.38. The van der Waals surface area contributed by atoms with Gasteiger partial charge < -0.3 is 21.1 Å². The largest absolute Gasteiger partial charge is 0.484 e. The highest BCUT2D eigenvalue weighted by molar-refractivity contribution is 7.11. The van der Waals surface area contributed by atoms with E-state index < -0.39 is 0 Å². The molecular formula is C12H22N4O2S. The number of nitrogens with two attached hydrogens (primary N) is 1. The second-order valence-electron chi connectivity index (χ2n) is 5.54. The van der Waals surface area contributed by atoms with E-state index in [1.807, 2.05) is 34.6 Å². The monoisotopic (exact) mass is 286 g/mol. The number of nitrogen functional groups attached to an aromatic ring is 1. The van der Waals surface area contributed by atoms with Crippen LogP contribution < -0.4 is 21.1 Å². The van der Waals surface area contributed by atoms with Gasteiger partial charge in [0, 0.05) is 5.54 Å². The van der Waals surface area contributed by atoms with Crippen molar-refractivity contribution < 1.29 is 9.53 Å². The van der Waals surface area contributed by atoms with E-state index in [0.717, 1.165) is 0 Å². The number of ether oxygens (including phenoxy) is 1. The number of carbonyl (C=O) groups excluding carboxylic acids is 1. The van der Waals surface area contributed by atoms with Crippen molar-refractivity contribution in [3.63, 3.8) is 0 Å². The molecule has 0 spiro atoms. The van der Waals surface area contributed by atoms with Gasteiger partial charge in [0.1, 0.15) is 0 Å². The van der Waals surface area contributed by atoms with E-state index >= 15 is 0 Å². The van der Waals surface area contributed by atoms with Crippen molar-refractivity contribution in [1.29, 1.82) is 0 Å². The van der Waals surface area contributed by atoms with Crippen molar-refractivity contribution in [2.75, 3.05) is 17.6 Å². The van der Waals surface area contributed by atoms with Crippen LogP contribution in [0.5, 0.6) is 5.75 Å². The lowest BCUT2D eigenvalue weighted by atomic mass is 10.1. The lowest BCUT2D eigenvalue weighted by Crippen LogP contribution is -2.43. The molecule has 0 atom stereocenters. The molecule has 7 heteroatoms. The smallest absolute Gasteiger partial charge is 0.239 e. The molecule has 1 rings (SSSR count). The average molecular weight is 286 g/mol. The van der Waals surface area contributed by atoms with Crippen molar-refractivity contribution in [1.82, 2.24) is 9.69 Å². The van der Waals surface area contributed by atoms with Crippen LogP contribution in [0.4, 0.5) is 10.8 Å². The van der Waals surface area contributed by atoms with Crippen LogP contribution >= 0.6 is 11.5 Å². The van der Waals surface area contributed by atoms with Crippen LogP contribution in [0, 0.1) is 0 Å². The molecule has 0 saturated carbocycles. The molecule has 0 bridgehead atoms. The molecule has 1 aromatic heterocycles. The van der Waals surface area contributed by atoms with Crippen molar-refractivity contribution >= 4 is 28.3 Å². The summed E-state index contributed by atoms with van der Waals surface area (Å²) in [7, 11) is 0. The SMILES string of the molecule is CC(C)Oc1c(N)nsc1NCC(=O)NC(C)(C)C. The Balaban J connectivity index is 2.61. The number of nitrogens with zero attached hydrogens (tertiary/aromatic N) is 1. The normalized spacial score (nSPS) is 11.5. The molecule has 1 heterocycles. The Morgan fingerprint density at radius 2 is 2.11 bits per heavy atom. The number of hydrogen-bond acceptors (Lipinski definition) is 6. The summed E-state index contributed by atoms with van der Waals surface area (Å²) in [6.07, 6.45) is 0.00246. The lowest BCUT2D eigenvalue weighted by molar-refractivity contribution is -0.120. The van der Waals surface area contributed by atoms with Crippen molar-refractivity contribution in [2.24, 2.45) is 0 Å². The zero-order valence-electron chi connectivity index (χ0n) is 12.0. The van der Waals surface area contributed by atoms with E-state index in [4.69, 9.17) is 10.5 Å². The van der Waals surface area contributed by atoms with Gasteiger partial charge in [0.25, 0.3) is 0 Å². The van der Waals surface area contributed by atoms with E-state index in [-0.39, 0.29) is 24.1 Å². The van der Waals surface area contributed by atoms with E-state index in [1.54, 1.807) is 0 Å². The molecular weight excluding hydrogens is 264 g/mol. The first-order valence-corrected chi connectivity index (χ1v) is 6.93. The van der Waals surface area contributed by atoms with Crippen LogP contribution in [-0.4, -0.2) is 28.5 Å². The van der Waals surface area contributed by atoms with Gasteiger partial charge in [0.05, 0.1) is 12.6 Å². The highest BCUT2D eigenvalue weighted by Gasteiger charge is 2.17. The first kappa shape index (κ1) is 15.6. The topological polar surface area (TPSA) is 89.3 Å². The van der Waals surface area contributed by atoms with Crippen LogP contribution in [0.2, 0.25) is 0 Å². The minimum absolute atomic E-state index is 0.00246. The summed E-state index contributed by atoms with van der Waals surface area (Å²) in [4.78, 5) is 11.7. The summed E-state index contributed by atoms with van der Waals surface area (Å²) in [6.45, 7) is 9.78. The quantitative estimate of drug-likeness (QED) is 0.768. The molecule has 0 aromatic carbocycles. The van der Waals surface area contributed by atoms with Gasteiger partial charge in [-0.05, 0) is 46.2 Å². The van der Waals surface area contributed by atoms with Gasteiger partial charge in [0.15, 0.2) is 16.6 Å². The maximum atomic E-state index is 11.7. The predicted molar refractivity (Wildman–Crippen MR) is 78.7 cm³/mol. The molecule has 0 fully saturated rings. The van der Waals surface area contributed by atoms with Gasteiger partial charge in [-0.2, -0.15) is 4.37 Å². The number of hydrogen-bond donors (Lipinski definition) is 3. The second kappa shape index (κ2) is 6.10. The van der Waals surface area contributed by atoms with E-state index in [2.05, 4.69) is 15.0 Å². The maximum Gasteiger partial charge on any atom is 0.239 e. The first-order valence-electron chi connectivity index (χ1n) is 6.15. The van der Waals surface area contributed by atoms with Crippen molar-refractivity contribution in [2.45, 2.75) is 46.3 Å². The molecule has 1 amide bonds. The number of nitrogens with one attached hydrogen (secondary N) is 2. The Hall–Kier alpha value is -1.50. The van der Waals surface area contributed by atoms with Gasteiger partial charge in [0.2, 0.25) is 5.91 Å². The maximum absolute atomic E-state index is 11.7. The van der Waals surface area contributed by atoms with Gasteiger partial charge in [-0.15, -0.1) is 0 Å². The second-order valence-corrected chi connectivity index (χ2v) is 6.32. The van der Waals surface area contributed by atoms with Gasteiger partial charge >= 0.3 is 0 Å². The van der Waals surface area contributed by atoms with Crippen molar-refractivity contribution in [3.05, 3.63) is 0 Å². The summed E-state index contributed by atoms with van der Waals surface area (Å²) >= 11 is 1.19. The van der Waals surface area contributed by atoms with Crippen molar-refractivity contribution in [3.8, 4) is 5.75 Å². The fraction of sp³-hybridized carbons (Fsp3) is 0.667. The zero-order chi connectivity index (χ0) is 14.6. The lowest BCUT2D eigenvalue weighted by Gasteiger charge is -2.20. The molecule has 0 aliphatic carbocycles. The van der Waals surface area contributed by atoms with Gasteiger partial charge in [-0.25, -0.2) is 0 Å². The summed E-state index contributed by atoms with van der Waals surface area (Å²) in [5, 5.41) is 6.54. The number of carbonyl (C=O) groups is 1. The predicted octanol–water partition coefficient (Wildman–Crippen LogP) is 1.84.